The Hall–Kier alpha value is -1.20. The van der Waals surface area contributed by atoms with Crippen molar-refractivity contribution in [3.05, 3.63) is 34.9 Å². The highest BCUT2D eigenvalue weighted by Gasteiger charge is 2.50. The van der Waals surface area contributed by atoms with Crippen LogP contribution in [0.1, 0.15) is 18.4 Å². The molecule has 0 unspecified atom stereocenters. The Morgan fingerprint density at radius 3 is 2.50 bits per heavy atom. The molecule has 1 amide bonds. The Balaban J connectivity index is 1.65. The first-order valence-electron chi connectivity index (χ1n) is 6.34. The summed E-state index contributed by atoms with van der Waals surface area (Å²) < 4.78 is 0. The lowest BCUT2D eigenvalue weighted by atomic mass is 10.1. The Morgan fingerprint density at radius 1 is 1.30 bits per heavy atom. The summed E-state index contributed by atoms with van der Waals surface area (Å²) in [5, 5.41) is 12.4. The minimum atomic E-state index is -0.813. The first-order valence-corrected chi connectivity index (χ1v) is 7.87. The first kappa shape index (κ1) is 15.2. The van der Waals surface area contributed by atoms with Crippen LogP contribution in [0.2, 0.25) is 5.02 Å². The van der Waals surface area contributed by atoms with E-state index in [9.17, 15) is 9.59 Å². The third kappa shape index (κ3) is 4.15. The molecule has 20 heavy (non-hydrogen) atoms. The molecule has 2 N–H and O–H groups in total. The number of carboxylic acids is 1. The standard InChI is InChI=1S/C14H16ClNO3S/c15-11-3-1-10(2-4-11)7-20-8-12(17)16-9-14(5-6-14)13(18)19/h1-4H,5-9H2,(H,16,17)(H,18,19). The quantitative estimate of drug-likeness (QED) is 0.812. The van der Waals surface area contributed by atoms with Crippen molar-refractivity contribution in [2.45, 2.75) is 18.6 Å². The Kier molecular flexibility index (Phi) is 4.94. The summed E-state index contributed by atoms with van der Waals surface area (Å²) in [7, 11) is 0. The molecule has 1 saturated carbocycles. The zero-order chi connectivity index (χ0) is 14.6. The second kappa shape index (κ2) is 6.50. The third-order valence-corrected chi connectivity index (χ3v) is 4.60. The molecule has 0 bridgehead atoms. The van der Waals surface area contributed by atoms with Crippen LogP contribution in [-0.4, -0.2) is 29.3 Å². The van der Waals surface area contributed by atoms with Gasteiger partial charge in [-0.25, -0.2) is 0 Å². The van der Waals surface area contributed by atoms with Crippen LogP contribution in [0.25, 0.3) is 0 Å². The van der Waals surface area contributed by atoms with E-state index in [2.05, 4.69) is 5.32 Å². The molecule has 6 heteroatoms. The fourth-order valence-electron chi connectivity index (χ4n) is 1.78. The number of hydrogen-bond donors (Lipinski definition) is 2. The molecule has 0 atom stereocenters. The summed E-state index contributed by atoms with van der Waals surface area (Å²) in [4.78, 5) is 22.6. The van der Waals surface area contributed by atoms with Gasteiger partial charge in [0.15, 0.2) is 0 Å². The molecular formula is C14H16ClNO3S. The molecule has 1 aromatic carbocycles. The number of aliphatic carboxylic acids is 1. The number of thioether (sulfide) groups is 1. The molecule has 0 radical (unpaired) electrons. The van der Waals surface area contributed by atoms with E-state index in [0.717, 1.165) is 11.3 Å². The van der Waals surface area contributed by atoms with Crippen molar-refractivity contribution in [1.29, 1.82) is 0 Å². The number of nitrogens with one attached hydrogen (secondary N) is 1. The fourth-order valence-corrected chi connectivity index (χ4v) is 2.72. The molecule has 1 aliphatic carbocycles. The highest BCUT2D eigenvalue weighted by Crippen LogP contribution is 2.45. The monoisotopic (exact) mass is 313 g/mol. The van der Waals surface area contributed by atoms with Gasteiger partial charge in [0.1, 0.15) is 0 Å². The number of amides is 1. The number of carboxylic acid groups (broad SMARTS) is 1. The number of carbonyl (C=O) groups excluding carboxylic acids is 1. The maximum Gasteiger partial charge on any atom is 0.311 e. The van der Waals surface area contributed by atoms with Gasteiger partial charge in [-0.3, -0.25) is 9.59 Å². The molecule has 1 fully saturated rings. The minimum Gasteiger partial charge on any atom is -0.481 e. The molecular weight excluding hydrogens is 298 g/mol. The second-order valence-electron chi connectivity index (χ2n) is 4.98. The van der Waals surface area contributed by atoms with Gasteiger partial charge in [0, 0.05) is 17.3 Å². The van der Waals surface area contributed by atoms with Gasteiger partial charge >= 0.3 is 5.97 Å². The number of benzene rings is 1. The van der Waals surface area contributed by atoms with Crippen LogP contribution in [0.4, 0.5) is 0 Å². The lowest BCUT2D eigenvalue weighted by molar-refractivity contribution is -0.143. The predicted octanol–water partition coefficient (Wildman–Crippen LogP) is 2.55. The molecule has 1 aromatic rings. The van der Waals surface area contributed by atoms with Gasteiger partial charge in [0.2, 0.25) is 5.91 Å². The van der Waals surface area contributed by atoms with Gasteiger partial charge in [-0.15, -0.1) is 11.8 Å². The van der Waals surface area contributed by atoms with Crippen LogP contribution in [0.15, 0.2) is 24.3 Å². The van der Waals surface area contributed by atoms with E-state index in [1.54, 1.807) is 0 Å². The van der Waals surface area contributed by atoms with Crippen LogP contribution in [0, 0.1) is 5.41 Å². The van der Waals surface area contributed by atoms with Gasteiger partial charge in [-0.05, 0) is 30.5 Å². The number of halogens is 1. The van der Waals surface area contributed by atoms with Crippen LogP contribution < -0.4 is 5.32 Å². The summed E-state index contributed by atoms with van der Waals surface area (Å²) in [5.74, 6) is 0.135. The van der Waals surface area contributed by atoms with Gasteiger partial charge < -0.3 is 10.4 Å². The molecule has 0 aromatic heterocycles. The Labute approximate surface area is 126 Å². The van der Waals surface area contributed by atoms with Gasteiger partial charge in [0.05, 0.1) is 11.2 Å². The van der Waals surface area contributed by atoms with Crippen molar-refractivity contribution in [3.63, 3.8) is 0 Å². The van der Waals surface area contributed by atoms with Crippen LogP contribution in [0.3, 0.4) is 0 Å². The van der Waals surface area contributed by atoms with Crippen LogP contribution in [-0.2, 0) is 15.3 Å². The molecule has 4 nitrogen and oxygen atoms in total. The lowest BCUT2D eigenvalue weighted by Crippen LogP contribution is -2.35. The van der Waals surface area contributed by atoms with E-state index in [0.29, 0.717) is 23.6 Å². The largest absolute Gasteiger partial charge is 0.481 e. The number of rotatable bonds is 7. The second-order valence-corrected chi connectivity index (χ2v) is 6.40. The average Bonchev–Trinajstić information content (AvgIpc) is 3.20. The Bertz CT molecular complexity index is 500. The van der Waals surface area contributed by atoms with Gasteiger partial charge in [-0.1, -0.05) is 23.7 Å². The summed E-state index contributed by atoms with van der Waals surface area (Å²) >= 11 is 7.29. The molecule has 1 aliphatic rings. The molecule has 108 valence electrons. The van der Waals surface area contributed by atoms with E-state index in [-0.39, 0.29) is 12.5 Å². The average molecular weight is 314 g/mol. The van der Waals surface area contributed by atoms with Crippen molar-refractivity contribution in [2.24, 2.45) is 5.41 Å². The summed E-state index contributed by atoms with van der Waals surface area (Å²) in [5.41, 5.74) is 0.410. The van der Waals surface area contributed by atoms with E-state index < -0.39 is 11.4 Å². The lowest BCUT2D eigenvalue weighted by Gasteiger charge is -2.10. The first-order chi connectivity index (χ1) is 9.52. The van der Waals surface area contributed by atoms with Crippen molar-refractivity contribution >= 4 is 35.2 Å². The zero-order valence-corrected chi connectivity index (χ0v) is 12.5. The Morgan fingerprint density at radius 2 is 1.95 bits per heavy atom. The highest BCUT2D eigenvalue weighted by molar-refractivity contribution is 7.99. The van der Waals surface area contributed by atoms with Crippen LogP contribution >= 0.6 is 23.4 Å². The normalized spacial score (nSPS) is 15.7. The maximum absolute atomic E-state index is 11.6. The topological polar surface area (TPSA) is 66.4 Å². The molecule has 0 spiro atoms. The molecule has 2 rings (SSSR count). The van der Waals surface area contributed by atoms with Crippen molar-refractivity contribution in [3.8, 4) is 0 Å². The SMILES string of the molecule is O=C(CSCc1ccc(Cl)cc1)NCC1(C(=O)O)CC1. The molecule has 0 saturated heterocycles. The van der Waals surface area contributed by atoms with Crippen molar-refractivity contribution < 1.29 is 14.7 Å². The fraction of sp³-hybridized carbons (Fsp3) is 0.429. The predicted molar refractivity (Wildman–Crippen MR) is 79.9 cm³/mol. The highest BCUT2D eigenvalue weighted by atomic mass is 35.5. The van der Waals surface area contributed by atoms with Gasteiger partial charge in [0.25, 0.3) is 0 Å². The molecule has 0 aliphatic heterocycles. The number of carbonyl (C=O) groups is 2. The van der Waals surface area contributed by atoms with E-state index in [1.165, 1.54) is 11.8 Å². The van der Waals surface area contributed by atoms with Crippen LogP contribution in [0.5, 0.6) is 0 Å². The maximum atomic E-state index is 11.6. The van der Waals surface area contributed by atoms with Crippen molar-refractivity contribution in [2.75, 3.05) is 12.3 Å². The van der Waals surface area contributed by atoms with E-state index >= 15 is 0 Å². The smallest absolute Gasteiger partial charge is 0.311 e. The summed E-state index contributed by atoms with van der Waals surface area (Å²) in [6, 6.07) is 7.50. The minimum absolute atomic E-state index is 0.114. The van der Waals surface area contributed by atoms with E-state index in [1.807, 2.05) is 24.3 Å². The van der Waals surface area contributed by atoms with Gasteiger partial charge in [-0.2, -0.15) is 0 Å². The zero-order valence-electron chi connectivity index (χ0n) is 10.9. The molecule has 0 heterocycles. The summed E-state index contributed by atoms with van der Waals surface area (Å²) in [6.45, 7) is 0.239. The van der Waals surface area contributed by atoms with Crippen molar-refractivity contribution in [1.82, 2.24) is 5.32 Å². The number of hydrogen-bond acceptors (Lipinski definition) is 3. The third-order valence-electron chi connectivity index (χ3n) is 3.35. The van der Waals surface area contributed by atoms with E-state index in [4.69, 9.17) is 16.7 Å². The summed E-state index contributed by atoms with van der Waals surface area (Å²) in [6.07, 6.45) is 1.31.